The summed E-state index contributed by atoms with van der Waals surface area (Å²) in [5.74, 6) is -6.18. The largest absolute Gasteiger partial charge is 0.511 e. The monoisotopic (exact) mass is 574 g/mol. The third-order valence-electron chi connectivity index (χ3n) is 9.54. The summed E-state index contributed by atoms with van der Waals surface area (Å²) < 4.78 is 5.25. The number of fused-ring (bicyclic) bond motifs is 3. The molecule has 0 radical (unpaired) electrons. The molecule has 0 saturated carbocycles. The molecule has 0 spiro atoms. The Morgan fingerprint density at radius 3 is 2.19 bits per heavy atom. The predicted molar refractivity (Wildman–Crippen MR) is 154 cm³/mol. The average Bonchev–Trinajstić information content (AvgIpc) is 2.92. The molecule has 0 heterocycles. The maximum absolute atomic E-state index is 14.2. The standard InChI is InChI=1S/C33H34O9/c1-15(2)24-26(36)22(16(3)34)28(38)33(41)29(39)25-27(37)23-19(8-7-9-21(23)35)20(31(25,4)30(40)32(24,33)5)14-17-10-12-18(42-6)13-11-17/h7-15,24,30,35-36,39-41H,1-6H3/b20-14+/t24?,30-,31+,32+,33+/m1/s1. The molecule has 5 N–H and O–H groups in total. The number of aliphatic hydroxyl groups excluding tert-OH is 3. The van der Waals surface area contributed by atoms with Crippen molar-refractivity contribution in [1.29, 1.82) is 0 Å². The van der Waals surface area contributed by atoms with Gasteiger partial charge in [0.25, 0.3) is 0 Å². The second-order valence-electron chi connectivity index (χ2n) is 12.0. The van der Waals surface area contributed by atoms with Gasteiger partial charge in [0.05, 0.1) is 29.8 Å². The summed E-state index contributed by atoms with van der Waals surface area (Å²) in [5.41, 5.74) is -6.84. The van der Waals surface area contributed by atoms with Crippen LogP contribution < -0.4 is 4.74 Å². The van der Waals surface area contributed by atoms with Crippen LogP contribution in [0.3, 0.4) is 0 Å². The molecule has 0 saturated heterocycles. The molecule has 0 bridgehead atoms. The van der Waals surface area contributed by atoms with E-state index in [-0.39, 0.29) is 11.1 Å². The average molecular weight is 575 g/mol. The first-order valence-electron chi connectivity index (χ1n) is 13.7. The quantitative estimate of drug-likeness (QED) is 0.335. The molecule has 0 aromatic heterocycles. The number of aromatic hydroxyl groups is 1. The number of phenols is 1. The molecule has 0 aliphatic heterocycles. The maximum Gasteiger partial charge on any atom is 0.209 e. The molecular formula is C33H34O9. The summed E-state index contributed by atoms with van der Waals surface area (Å²) in [4.78, 5) is 40.7. The van der Waals surface area contributed by atoms with E-state index < -0.39 is 80.1 Å². The van der Waals surface area contributed by atoms with Crippen LogP contribution in [-0.2, 0) is 9.59 Å². The van der Waals surface area contributed by atoms with Crippen molar-refractivity contribution in [3.63, 3.8) is 0 Å². The van der Waals surface area contributed by atoms with Crippen LogP contribution in [0.25, 0.3) is 11.6 Å². The zero-order valence-corrected chi connectivity index (χ0v) is 24.2. The number of phenolic OH excluding ortho intramolecular Hbond substituents is 1. The first-order valence-corrected chi connectivity index (χ1v) is 13.7. The Labute approximate surface area is 243 Å². The predicted octanol–water partition coefficient (Wildman–Crippen LogP) is 4.32. The lowest BCUT2D eigenvalue weighted by atomic mass is 9.42. The lowest BCUT2D eigenvalue weighted by Gasteiger charge is -2.62. The SMILES string of the molecule is COc1ccc(/C=C2\c3cccc(O)c3C(=O)C3=C(O)[C@@]4(O)C(=O)C(C(C)=O)=C(O)C(C(C)C)[C@@]4(C)[C@H](O)[C@]32C)cc1. The van der Waals surface area contributed by atoms with E-state index in [1.54, 1.807) is 56.3 Å². The van der Waals surface area contributed by atoms with Crippen LogP contribution in [0.1, 0.15) is 56.1 Å². The molecule has 0 fully saturated rings. The molecule has 3 aliphatic rings. The van der Waals surface area contributed by atoms with Gasteiger partial charge >= 0.3 is 0 Å². The van der Waals surface area contributed by atoms with Crippen molar-refractivity contribution < 1.29 is 44.7 Å². The van der Waals surface area contributed by atoms with E-state index in [0.717, 1.165) is 6.92 Å². The Kier molecular flexibility index (Phi) is 6.56. The Hall–Kier alpha value is -4.21. The van der Waals surface area contributed by atoms with Gasteiger partial charge in [-0.15, -0.1) is 0 Å². The normalized spacial score (nSPS) is 31.7. The Bertz CT molecular complexity index is 1640. The van der Waals surface area contributed by atoms with Gasteiger partial charge in [0.1, 0.15) is 28.6 Å². The molecule has 42 heavy (non-hydrogen) atoms. The summed E-state index contributed by atoms with van der Waals surface area (Å²) in [7, 11) is 1.53. The van der Waals surface area contributed by atoms with E-state index in [1.807, 2.05) is 0 Å². The lowest BCUT2D eigenvalue weighted by molar-refractivity contribution is -0.202. The smallest absolute Gasteiger partial charge is 0.209 e. The number of methoxy groups -OCH3 is 1. The number of allylic oxidation sites excluding steroid dienone is 1. The molecule has 2 aromatic rings. The molecule has 0 amide bonds. The molecule has 2 aromatic carbocycles. The third-order valence-corrected chi connectivity index (χ3v) is 9.54. The van der Waals surface area contributed by atoms with Crippen LogP contribution in [0.4, 0.5) is 0 Å². The molecule has 9 heteroatoms. The molecule has 9 nitrogen and oxygen atoms in total. The molecule has 3 aliphatic carbocycles. The number of hydrogen-bond donors (Lipinski definition) is 5. The lowest BCUT2D eigenvalue weighted by Crippen LogP contribution is -2.73. The first kappa shape index (κ1) is 29.3. The minimum atomic E-state index is -2.95. The van der Waals surface area contributed by atoms with Gasteiger partial charge in [-0.3, -0.25) is 14.4 Å². The van der Waals surface area contributed by atoms with E-state index >= 15 is 0 Å². The summed E-state index contributed by atoms with van der Waals surface area (Å²) >= 11 is 0. The Balaban J connectivity index is 1.94. The van der Waals surface area contributed by atoms with Crippen LogP contribution in [0.15, 0.2) is 65.1 Å². The highest BCUT2D eigenvalue weighted by Crippen LogP contribution is 2.67. The van der Waals surface area contributed by atoms with Crippen LogP contribution in [-0.4, -0.2) is 61.7 Å². The maximum atomic E-state index is 14.2. The minimum Gasteiger partial charge on any atom is -0.511 e. The van der Waals surface area contributed by atoms with Crippen LogP contribution >= 0.6 is 0 Å². The summed E-state index contributed by atoms with van der Waals surface area (Å²) in [5, 5.41) is 58.8. The number of benzene rings is 2. The van der Waals surface area contributed by atoms with Crippen LogP contribution in [0.2, 0.25) is 0 Å². The number of carbonyl (C=O) groups excluding carboxylic acids is 3. The van der Waals surface area contributed by atoms with Gasteiger partial charge in [-0.2, -0.15) is 0 Å². The highest BCUT2D eigenvalue weighted by atomic mass is 16.5. The van der Waals surface area contributed by atoms with E-state index in [4.69, 9.17) is 4.74 Å². The van der Waals surface area contributed by atoms with Gasteiger partial charge in [0.2, 0.25) is 5.78 Å². The van der Waals surface area contributed by atoms with Gasteiger partial charge in [-0.05, 0) is 54.7 Å². The van der Waals surface area contributed by atoms with Crippen molar-refractivity contribution in [3.8, 4) is 11.5 Å². The summed E-state index contributed by atoms with van der Waals surface area (Å²) in [6.07, 6.45) is -0.0722. The van der Waals surface area contributed by atoms with E-state index in [9.17, 15) is 39.9 Å². The number of carbonyl (C=O) groups is 3. The molecular weight excluding hydrogens is 540 g/mol. The van der Waals surface area contributed by atoms with Crippen molar-refractivity contribution in [3.05, 3.63) is 81.8 Å². The fraction of sp³-hybridized carbons (Fsp3) is 0.364. The van der Waals surface area contributed by atoms with Crippen molar-refractivity contribution in [2.24, 2.45) is 22.7 Å². The van der Waals surface area contributed by atoms with E-state index in [0.29, 0.717) is 16.9 Å². The van der Waals surface area contributed by atoms with Gasteiger partial charge in [0, 0.05) is 11.3 Å². The number of rotatable bonds is 4. The molecule has 5 atom stereocenters. The van der Waals surface area contributed by atoms with Gasteiger partial charge in [0.15, 0.2) is 17.2 Å². The Morgan fingerprint density at radius 1 is 1.02 bits per heavy atom. The van der Waals surface area contributed by atoms with Crippen molar-refractivity contribution in [1.82, 2.24) is 0 Å². The zero-order chi connectivity index (χ0) is 31.1. The molecule has 1 unspecified atom stereocenters. The number of ketones is 3. The highest BCUT2D eigenvalue weighted by Gasteiger charge is 2.75. The van der Waals surface area contributed by atoms with E-state index in [2.05, 4.69) is 0 Å². The van der Waals surface area contributed by atoms with Gasteiger partial charge < -0.3 is 30.3 Å². The highest BCUT2D eigenvalue weighted by molar-refractivity contribution is 6.26. The summed E-state index contributed by atoms with van der Waals surface area (Å²) in [6.45, 7) is 7.34. The van der Waals surface area contributed by atoms with Crippen LogP contribution in [0, 0.1) is 22.7 Å². The van der Waals surface area contributed by atoms with Gasteiger partial charge in [-0.25, -0.2) is 0 Å². The molecule has 5 rings (SSSR count). The number of hydrogen-bond acceptors (Lipinski definition) is 9. The van der Waals surface area contributed by atoms with Crippen molar-refractivity contribution in [2.75, 3.05) is 7.11 Å². The second-order valence-corrected chi connectivity index (χ2v) is 12.0. The zero-order valence-electron chi connectivity index (χ0n) is 24.2. The van der Waals surface area contributed by atoms with E-state index in [1.165, 1.54) is 27.0 Å². The minimum absolute atomic E-state index is 0.176. The topological polar surface area (TPSA) is 162 Å². The summed E-state index contributed by atoms with van der Waals surface area (Å²) in [6, 6.07) is 11.4. The fourth-order valence-electron chi connectivity index (χ4n) is 7.58. The van der Waals surface area contributed by atoms with Gasteiger partial charge in [-0.1, -0.05) is 51.1 Å². The Morgan fingerprint density at radius 2 is 1.64 bits per heavy atom. The van der Waals surface area contributed by atoms with Crippen LogP contribution in [0.5, 0.6) is 11.5 Å². The number of ether oxygens (including phenoxy) is 1. The first-order chi connectivity index (χ1) is 19.6. The second kappa shape index (κ2) is 9.40. The van der Waals surface area contributed by atoms with Crippen molar-refractivity contribution in [2.45, 2.75) is 46.3 Å². The third kappa shape index (κ3) is 3.41. The number of Topliss-reactive ketones (excluding diaryl/α,β-unsaturated/α-hetero) is 3. The number of aliphatic hydroxyl groups is 4. The fourth-order valence-corrected chi connectivity index (χ4v) is 7.58. The van der Waals surface area contributed by atoms with Crippen molar-refractivity contribution >= 4 is 29.0 Å². The molecule has 220 valence electrons.